The second-order valence-electron chi connectivity index (χ2n) is 3.35. The molecule has 0 amide bonds. The first-order valence-electron chi connectivity index (χ1n) is 3.93. The Hall–Kier alpha value is -0.140. The topological polar surface area (TPSA) is 0 Å². The monoisotopic (exact) mass is 148 g/mol. The molecule has 0 N–H and O–H groups in total. The van der Waals surface area contributed by atoms with E-state index in [0.717, 1.165) is 26.2 Å². The highest BCUT2D eigenvalue weighted by Crippen LogP contribution is 2.51. The predicted molar refractivity (Wildman–Crippen MR) is 37.1 cm³/mol. The molecule has 2 atom stereocenters. The fourth-order valence-electron chi connectivity index (χ4n) is 1.56. The summed E-state index contributed by atoms with van der Waals surface area (Å²) in [6, 6.07) is 0. The molecule has 60 valence electrons. The van der Waals surface area contributed by atoms with Crippen LogP contribution in [0.25, 0.3) is 0 Å². The van der Waals surface area contributed by atoms with Crippen LogP contribution >= 0.6 is 0 Å². The van der Waals surface area contributed by atoms with Gasteiger partial charge < -0.3 is 0 Å². The van der Waals surface area contributed by atoms with Crippen molar-refractivity contribution in [3.8, 4) is 0 Å². The SMILES string of the molecule is CCCC1CC1C(C)(F)F. The highest BCUT2D eigenvalue weighted by molar-refractivity contribution is 4.93. The van der Waals surface area contributed by atoms with Crippen LogP contribution in [-0.4, -0.2) is 5.92 Å². The van der Waals surface area contributed by atoms with Crippen molar-refractivity contribution in [3.05, 3.63) is 0 Å². The van der Waals surface area contributed by atoms with Gasteiger partial charge in [-0.15, -0.1) is 0 Å². The summed E-state index contributed by atoms with van der Waals surface area (Å²) in [4.78, 5) is 0. The van der Waals surface area contributed by atoms with Gasteiger partial charge in [-0.3, -0.25) is 0 Å². The van der Waals surface area contributed by atoms with Gasteiger partial charge in [-0.1, -0.05) is 19.8 Å². The van der Waals surface area contributed by atoms with Gasteiger partial charge in [-0.25, -0.2) is 8.78 Å². The summed E-state index contributed by atoms with van der Waals surface area (Å²) in [7, 11) is 0. The van der Waals surface area contributed by atoms with Gasteiger partial charge in [0.2, 0.25) is 5.92 Å². The largest absolute Gasteiger partial charge is 0.248 e. The van der Waals surface area contributed by atoms with E-state index < -0.39 is 5.92 Å². The fraction of sp³-hybridized carbons (Fsp3) is 1.00. The van der Waals surface area contributed by atoms with Crippen molar-refractivity contribution in [1.29, 1.82) is 0 Å². The molecule has 0 aromatic heterocycles. The highest BCUT2D eigenvalue weighted by atomic mass is 19.3. The lowest BCUT2D eigenvalue weighted by atomic mass is 10.1. The van der Waals surface area contributed by atoms with Gasteiger partial charge in [0.15, 0.2) is 0 Å². The van der Waals surface area contributed by atoms with Crippen molar-refractivity contribution >= 4 is 0 Å². The molecule has 1 fully saturated rings. The van der Waals surface area contributed by atoms with E-state index >= 15 is 0 Å². The zero-order chi connectivity index (χ0) is 7.78. The predicted octanol–water partition coefficient (Wildman–Crippen LogP) is 3.08. The van der Waals surface area contributed by atoms with E-state index in [1.165, 1.54) is 0 Å². The molecule has 1 aliphatic carbocycles. The molecular weight excluding hydrogens is 134 g/mol. The second-order valence-corrected chi connectivity index (χ2v) is 3.35. The average Bonchev–Trinajstić information content (AvgIpc) is 2.44. The van der Waals surface area contributed by atoms with E-state index in [1.54, 1.807) is 0 Å². The van der Waals surface area contributed by atoms with Crippen LogP contribution in [0.1, 0.15) is 33.1 Å². The molecule has 1 rings (SSSR count). The minimum atomic E-state index is -2.42. The maximum absolute atomic E-state index is 12.5. The molecular formula is C8H14F2. The third-order valence-corrected chi connectivity index (χ3v) is 2.23. The summed E-state index contributed by atoms with van der Waals surface area (Å²) < 4.78 is 25.0. The fourth-order valence-corrected chi connectivity index (χ4v) is 1.56. The van der Waals surface area contributed by atoms with Gasteiger partial charge >= 0.3 is 0 Å². The summed E-state index contributed by atoms with van der Waals surface area (Å²) in [5.74, 6) is -2.39. The van der Waals surface area contributed by atoms with Gasteiger partial charge in [0.05, 0.1) is 0 Å². The van der Waals surface area contributed by atoms with Gasteiger partial charge in [0.25, 0.3) is 0 Å². The molecule has 2 heteroatoms. The lowest BCUT2D eigenvalue weighted by molar-refractivity contribution is -0.00773. The van der Waals surface area contributed by atoms with E-state index in [-0.39, 0.29) is 5.92 Å². The maximum Gasteiger partial charge on any atom is 0.248 e. The van der Waals surface area contributed by atoms with Crippen LogP contribution in [0, 0.1) is 11.8 Å². The van der Waals surface area contributed by atoms with Crippen LogP contribution in [0.5, 0.6) is 0 Å². The molecule has 0 aliphatic heterocycles. The number of hydrogen-bond acceptors (Lipinski definition) is 0. The van der Waals surface area contributed by atoms with Crippen LogP contribution in [0.4, 0.5) is 8.78 Å². The van der Waals surface area contributed by atoms with Gasteiger partial charge in [-0.05, 0) is 19.3 Å². The number of alkyl halides is 2. The first-order valence-corrected chi connectivity index (χ1v) is 3.93. The summed E-state index contributed by atoms with van der Waals surface area (Å²) >= 11 is 0. The number of halogens is 2. The Kier molecular flexibility index (Phi) is 1.97. The van der Waals surface area contributed by atoms with Crippen LogP contribution in [0.3, 0.4) is 0 Å². The molecule has 2 unspecified atom stereocenters. The molecule has 0 aromatic rings. The Morgan fingerprint density at radius 2 is 2.10 bits per heavy atom. The van der Waals surface area contributed by atoms with Crippen molar-refractivity contribution in [3.63, 3.8) is 0 Å². The summed E-state index contributed by atoms with van der Waals surface area (Å²) in [6.45, 7) is 3.08. The summed E-state index contributed by atoms with van der Waals surface area (Å²) in [5.41, 5.74) is 0. The minimum absolute atomic E-state index is 0.299. The van der Waals surface area contributed by atoms with Crippen LogP contribution in [0.2, 0.25) is 0 Å². The van der Waals surface area contributed by atoms with Gasteiger partial charge in [-0.2, -0.15) is 0 Å². The molecule has 0 spiro atoms. The van der Waals surface area contributed by atoms with Crippen molar-refractivity contribution in [2.24, 2.45) is 11.8 Å². The Morgan fingerprint density at radius 3 is 2.40 bits per heavy atom. The van der Waals surface area contributed by atoms with E-state index in [0.29, 0.717) is 5.92 Å². The zero-order valence-electron chi connectivity index (χ0n) is 6.53. The standard InChI is InChI=1S/C8H14F2/c1-3-4-6-5-7(6)8(2,9)10/h6-7H,3-5H2,1-2H3. The number of rotatable bonds is 3. The minimum Gasteiger partial charge on any atom is -0.207 e. The zero-order valence-corrected chi connectivity index (χ0v) is 6.53. The molecule has 0 radical (unpaired) electrons. The maximum atomic E-state index is 12.5. The van der Waals surface area contributed by atoms with Crippen LogP contribution in [0.15, 0.2) is 0 Å². The van der Waals surface area contributed by atoms with Gasteiger partial charge in [0.1, 0.15) is 0 Å². The normalized spacial score (nSPS) is 32.4. The van der Waals surface area contributed by atoms with E-state index in [4.69, 9.17) is 0 Å². The first kappa shape index (κ1) is 7.96. The van der Waals surface area contributed by atoms with E-state index in [2.05, 4.69) is 0 Å². The van der Waals surface area contributed by atoms with Crippen molar-refractivity contribution in [2.75, 3.05) is 0 Å². The number of hydrogen-bond donors (Lipinski definition) is 0. The lowest BCUT2D eigenvalue weighted by Crippen LogP contribution is -2.13. The van der Waals surface area contributed by atoms with Crippen molar-refractivity contribution < 1.29 is 8.78 Å². The Bertz CT molecular complexity index is 115. The molecule has 0 heterocycles. The molecule has 0 aromatic carbocycles. The summed E-state index contributed by atoms with van der Waals surface area (Å²) in [5, 5.41) is 0. The second kappa shape index (κ2) is 2.48. The smallest absolute Gasteiger partial charge is 0.207 e. The van der Waals surface area contributed by atoms with Gasteiger partial charge in [0, 0.05) is 5.92 Å². The quantitative estimate of drug-likeness (QED) is 0.577. The molecule has 1 aliphatic rings. The van der Waals surface area contributed by atoms with E-state index in [9.17, 15) is 8.78 Å². The molecule has 0 nitrogen and oxygen atoms in total. The third kappa shape index (κ3) is 1.68. The molecule has 0 saturated heterocycles. The highest BCUT2D eigenvalue weighted by Gasteiger charge is 2.50. The van der Waals surface area contributed by atoms with Crippen molar-refractivity contribution in [2.45, 2.75) is 39.0 Å². The van der Waals surface area contributed by atoms with E-state index in [1.807, 2.05) is 6.92 Å². The molecule has 1 saturated carbocycles. The average molecular weight is 148 g/mol. The summed E-state index contributed by atoms with van der Waals surface area (Å²) in [6.07, 6.45) is 2.77. The van der Waals surface area contributed by atoms with Crippen LogP contribution in [-0.2, 0) is 0 Å². The Morgan fingerprint density at radius 1 is 1.50 bits per heavy atom. The lowest BCUT2D eigenvalue weighted by Gasteiger charge is -2.07. The molecule has 10 heavy (non-hydrogen) atoms. The first-order chi connectivity index (χ1) is 4.55. The molecule has 0 bridgehead atoms. The Labute approximate surface area is 60.6 Å². The van der Waals surface area contributed by atoms with Crippen molar-refractivity contribution in [1.82, 2.24) is 0 Å². The third-order valence-electron chi connectivity index (χ3n) is 2.23. The van der Waals surface area contributed by atoms with Crippen LogP contribution < -0.4 is 0 Å². The Balaban J connectivity index is 2.25.